The van der Waals surface area contributed by atoms with Gasteiger partial charge >= 0.3 is 0 Å². The number of aromatic nitrogens is 3. The van der Waals surface area contributed by atoms with Gasteiger partial charge in [-0.05, 0) is 30.2 Å². The molecule has 8 heteroatoms. The third-order valence-corrected chi connectivity index (χ3v) is 5.85. The van der Waals surface area contributed by atoms with E-state index in [2.05, 4.69) is 9.97 Å². The fourth-order valence-corrected chi connectivity index (χ4v) is 4.14. The van der Waals surface area contributed by atoms with E-state index < -0.39 is 0 Å². The molecule has 0 atom stereocenters. The SMILES string of the molecule is O=C(c1ccc2c(CCO)cn(-c3ncc(-c4ccccc4F)cn3)c2c1)N1CCOCC1. The average Bonchev–Trinajstić information content (AvgIpc) is 3.22. The Morgan fingerprint density at radius 1 is 1.09 bits per heavy atom. The van der Waals surface area contributed by atoms with Crippen LogP contribution in [0.1, 0.15) is 15.9 Å². The molecule has 1 N–H and O–H groups in total. The number of fused-ring (bicyclic) bond motifs is 1. The van der Waals surface area contributed by atoms with E-state index >= 15 is 0 Å². The second-order valence-corrected chi connectivity index (χ2v) is 7.89. The third-order valence-electron chi connectivity index (χ3n) is 5.85. The summed E-state index contributed by atoms with van der Waals surface area (Å²) in [7, 11) is 0. The van der Waals surface area contributed by atoms with Gasteiger partial charge in [-0.2, -0.15) is 0 Å². The largest absolute Gasteiger partial charge is 0.396 e. The Balaban J connectivity index is 1.55. The zero-order valence-electron chi connectivity index (χ0n) is 17.9. The highest BCUT2D eigenvalue weighted by Gasteiger charge is 2.20. The molecule has 0 radical (unpaired) electrons. The number of carbonyl (C=O) groups is 1. The lowest BCUT2D eigenvalue weighted by molar-refractivity contribution is 0.0303. The second-order valence-electron chi connectivity index (χ2n) is 7.89. The fraction of sp³-hybridized carbons (Fsp3) is 0.240. The summed E-state index contributed by atoms with van der Waals surface area (Å²) in [6.07, 6.45) is 5.51. The Morgan fingerprint density at radius 3 is 2.58 bits per heavy atom. The number of carbonyl (C=O) groups excluding carboxylic acids is 1. The van der Waals surface area contributed by atoms with Crippen molar-refractivity contribution in [3.05, 3.63) is 78.0 Å². The maximum absolute atomic E-state index is 14.1. The number of halogens is 1. The van der Waals surface area contributed by atoms with Crippen LogP contribution in [0.5, 0.6) is 0 Å². The molecule has 0 saturated carbocycles. The molecule has 4 aromatic rings. The summed E-state index contributed by atoms with van der Waals surface area (Å²) in [6.45, 7) is 2.20. The van der Waals surface area contributed by atoms with Gasteiger partial charge in [0.25, 0.3) is 5.91 Å². The summed E-state index contributed by atoms with van der Waals surface area (Å²) in [6, 6.07) is 12.0. The monoisotopic (exact) mass is 446 g/mol. The number of hydrogen-bond donors (Lipinski definition) is 1. The number of hydrogen-bond acceptors (Lipinski definition) is 5. The van der Waals surface area contributed by atoms with Crippen LogP contribution in [0.25, 0.3) is 28.0 Å². The number of benzene rings is 2. The summed E-state index contributed by atoms with van der Waals surface area (Å²) in [5, 5.41) is 10.4. The summed E-state index contributed by atoms with van der Waals surface area (Å²) in [5.74, 6) is 0.0180. The number of morpholine rings is 1. The van der Waals surface area contributed by atoms with E-state index in [1.807, 2.05) is 29.0 Å². The molecule has 168 valence electrons. The maximum Gasteiger partial charge on any atom is 0.254 e. The van der Waals surface area contributed by atoms with Crippen LogP contribution in [0.4, 0.5) is 4.39 Å². The van der Waals surface area contributed by atoms with Crippen LogP contribution >= 0.6 is 0 Å². The summed E-state index contributed by atoms with van der Waals surface area (Å²) in [4.78, 5) is 23.7. The summed E-state index contributed by atoms with van der Waals surface area (Å²) < 4.78 is 21.3. The van der Waals surface area contributed by atoms with E-state index in [0.717, 1.165) is 16.5 Å². The van der Waals surface area contributed by atoms with E-state index in [4.69, 9.17) is 4.74 Å². The molecule has 5 rings (SSSR count). The smallest absolute Gasteiger partial charge is 0.254 e. The normalized spacial score (nSPS) is 14.1. The molecule has 3 heterocycles. The lowest BCUT2D eigenvalue weighted by atomic mass is 10.1. The lowest BCUT2D eigenvalue weighted by Crippen LogP contribution is -2.40. The topological polar surface area (TPSA) is 80.5 Å². The van der Waals surface area contributed by atoms with E-state index in [1.165, 1.54) is 6.07 Å². The Kier molecular flexibility index (Phi) is 5.85. The molecular weight excluding hydrogens is 423 g/mol. The average molecular weight is 446 g/mol. The van der Waals surface area contributed by atoms with E-state index in [-0.39, 0.29) is 18.3 Å². The maximum atomic E-state index is 14.1. The van der Waals surface area contributed by atoms with E-state index in [9.17, 15) is 14.3 Å². The van der Waals surface area contributed by atoms with Gasteiger partial charge in [0, 0.05) is 60.4 Å². The number of nitrogens with zero attached hydrogens (tertiary/aromatic N) is 4. The van der Waals surface area contributed by atoms with Crippen LogP contribution in [-0.4, -0.2) is 63.4 Å². The number of amides is 1. The number of aliphatic hydroxyl groups excluding tert-OH is 1. The quantitative estimate of drug-likeness (QED) is 0.509. The zero-order valence-corrected chi connectivity index (χ0v) is 17.9. The predicted octanol–water partition coefficient (Wildman–Crippen LogP) is 3.23. The molecule has 7 nitrogen and oxygen atoms in total. The van der Waals surface area contributed by atoms with Crippen molar-refractivity contribution in [2.75, 3.05) is 32.9 Å². The minimum Gasteiger partial charge on any atom is -0.396 e. The third kappa shape index (κ3) is 4.10. The molecule has 1 aliphatic heterocycles. The molecule has 2 aromatic heterocycles. The van der Waals surface area contributed by atoms with Crippen LogP contribution < -0.4 is 0 Å². The molecule has 0 bridgehead atoms. The molecule has 33 heavy (non-hydrogen) atoms. The first-order valence-corrected chi connectivity index (χ1v) is 10.8. The van der Waals surface area contributed by atoms with Crippen LogP contribution in [-0.2, 0) is 11.2 Å². The highest BCUT2D eigenvalue weighted by Crippen LogP contribution is 2.27. The highest BCUT2D eigenvalue weighted by atomic mass is 19.1. The second kappa shape index (κ2) is 9.09. The Morgan fingerprint density at radius 2 is 1.85 bits per heavy atom. The predicted molar refractivity (Wildman–Crippen MR) is 122 cm³/mol. The first-order valence-electron chi connectivity index (χ1n) is 10.8. The first-order chi connectivity index (χ1) is 16.2. The van der Waals surface area contributed by atoms with E-state index in [0.29, 0.717) is 55.4 Å². The van der Waals surface area contributed by atoms with Crippen LogP contribution in [0.2, 0.25) is 0 Å². The van der Waals surface area contributed by atoms with E-state index in [1.54, 1.807) is 35.5 Å². The van der Waals surface area contributed by atoms with Gasteiger partial charge in [-0.1, -0.05) is 24.3 Å². The first kappa shape index (κ1) is 21.2. The van der Waals surface area contributed by atoms with Gasteiger partial charge in [0.2, 0.25) is 5.95 Å². The van der Waals surface area contributed by atoms with Gasteiger partial charge in [-0.3, -0.25) is 9.36 Å². The molecule has 1 saturated heterocycles. The van der Waals surface area contributed by atoms with Gasteiger partial charge in [0.15, 0.2) is 0 Å². The number of rotatable bonds is 5. The van der Waals surface area contributed by atoms with Crippen molar-refractivity contribution in [3.63, 3.8) is 0 Å². The Labute approximate surface area is 190 Å². The molecule has 1 aliphatic rings. The number of ether oxygens (including phenoxy) is 1. The molecule has 2 aromatic carbocycles. The molecular formula is C25H23FN4O3. The van der Waals surface area contributed by atoms with Crippen molar-refractivity contribution in [1.29, 1.82) is 0 Å². The standard InChI is InChI=1S/C25H23FN4O3/c26-22-4-2-1-3-20(22)19-14-27-25(28-15-19)30-16-18(7-10-31)21-6-5-17(13-23(21)30)24(32)29-8-11-33-12-9-29/h1-6,13-16,31H,7-12H2. The van der Waals surface area contributed by atoms with Gasteiger partial charge in [-0.15, -0.1) is 0 Å². The highest BCUT2D eigenvalue weighted by molar-refractivity contribution is 5.99. The lowest BCUT2D eigenvalue weighted by Gasteiger charge is -2.26. The molecule has 1 amide bonds. The van der Waals surface area contributed by atoms with Crippen LogP contribution in [0.3, 0.4) is 0 Å². The Bertz CT molecular complexity index is 1300. The van der Waals surface area contributed by atoms with Gasteiger partial charge in [0.1, 0.15) is 5.82 Å². The Hall–Kier alpha value is -3.62. The van der Waals surface area contributed by atoms with Crippen molar-refractivity contribution in [2.45, 2.75) is 6.42 Å². The van der Waals surface area contributed by atoms with Crippen LogP contribution in [0.15, 0.2) is 61.1 Å². The summed E-state index contributed by atoms with van der Waals surface area (Å²) >= 11 is 0. The van der Waals surface area contributed by atoms with Crippen LogP contribution in [0, 0.1) is 5.82 Å². The summed E-state index contributed by atoms with van der Waals surface area (Å²) in [5.41, 5.74) is 3.28. The number of aliphatic hydroxyl groups is 1. The van der Waals surface area contributed by atoms with Crippen molar-refractivity contribution in [3.8, 4) is 17.1 Å². The fourth-order valence-electron chi connectivity index (χ4n) is 4.14. The zero-order chi connectivity index (χ0) is 22.8. The van der Waals surface area contributed by atoms with Gasteiger partial charge < -0.3 is 14.7 Å². The minimum atomic E-state index is -0.336. The van der Waals surface area contributed by atoms with Gasteiger partial charge in [0.05, 0.1) is 18.7 Å². The van der Waals surface area contributed by atoms with Crippen molar-refractivity contribution >= 4 is 16.8 Å². The van der Waals surface area contributed by atoms with Crippen molar-refractivity contribution < 1.29 is 19.0 Å². The molecule has 0 spiro atoms. The molecule has 1 fully saturated rings. The molecule has 0 aliphatic carbocycles. The minimum absolute atomic E-state index is 0.000647. The van der Waals surface area contributed by atoms with Crippen molar-refractivity contribution in [2.24, 2.45) is 0 Å². The van der Waals surface area contributed by atoms with Gasteiger partial charge in [-0.25, -0.2) is 14.4 Å². The molecule has 0 unspecified atom stereocenters. The van der Waals surface area contributed by atoms with Crippen molar-refractivity contribution in [1.82, 2.24) is 19.4 Å².